The number of para-hydroxylation sites is 1. The van der Waals surface area contributed by atoms with Crippen LogP contribution < -0.4 is 26.0 Å². The molecule has 0 aromatic heterocycles. The Morgan fingerprint density at radius 3 is 2.30 bits per heavy atom. The van der Waals surface area contributed by atoms with Gasteiger partial charge in [0.25, 0.3) is 11.8 Å². The van der Waals surface area contributed by atoms with Crippen LogP contribution in [0, 0.1) is 5.41 Å². The maximum atomic E-state index is 14.1. The number of aliphatic hydroxyl groups is 1. The second kappa shape index (κ2) is 15.7. The molecule has 5 N–H and O–H groups in total. The Morgan fingerprint density at radius 2 is 1.70 bits per heavy atom. The zero-order chi connectivity index (χ0) is 34.2. The molecule has 0 fully saturated rings. The van der Waals surface area contributed by atoms with E-state index < -0.39 is 51.9 Å². The van der Waals surface area contributed by atoms with Gasteiger partial charge in [-0.3, -0.25) is 14.4 Å². The summed E-state index contributed by atoms with van der Waals surface area (Å²) in [5.74, 6) is -2.51. The zero-order valence-electron chi connectivity index (χ0n) is 26.8. The molecule has 1 aliphatic rings. The van der Waals surface area contributed by atoms with Gasteiger partial charge < -0.3 is 31.1 Å². The third-order valence-electron chi connectivity index (χ3n) is 8.35. The van der Waals surface area contributed by atoms with Gasteiger partial charge in [-0.2, -0.15) is 0 Å². The number of rotatable bonds is 14. The van der Waals surface area contributed by atoms with E-state index in [4.69, 9.17) is 10.5 Å². The average molecular weight is 683 g/mol. The topological polar surface area (TPSA) is 168 Å². The lowest BCUT2D eigenvalue weighted by Crippen LogP contribution is -2.49. The molecule has 1 heterocycles. The molecular formula is C34H42N4O7S2. The fourth-order valence-electron chi connectivity index (χ4n) is 5.72. The highest BCUT2D eigenvalue weighted by atomic mass is 32.2. The van der Waals surface area contributed by atoms with Crippen LogP contribution >= 0.6 is 11.8 Å². The smallest absolute Gasteiger partial charge is 0.267 e. The van der Waals surface area contributed by atoms with Crippen molar-refractivity contribution in [3.8, 4) is 5.75 Å². The largest absolute Gasteiger partial charge is 0.483 e. The lowest BCUT2D eigenvalue weighted by atomic mass is 9.81. The molecule has 3 atom stereocenters. The Kier molecular flexibility index (Phi) is 11.9. The van der Waals surface area contributed by atoms with Crippen LogP contribution in [0.3, 0.4) is 0 Å². The Balaban J connectivity index is 1.66. The lowest BCUT2D eigenvalue weighted by Gasteiger charge is -2.36. The van der Waals surface area contributed by atoms with Gasteiger partial charge in [-0.25, -0.2) is 8.42 Å². The lowest BCUT2D eigenvalue weighted by molar-refractivity contribution is -0.137. The summed E-state index contributed by atoms with van der Waals surface area (Å²) in [5.41, 5.74) is 6.42. The number of thioether (sulfide) groups is 1. The first-order valence-electron chi connectivity index (χ1n) is 15.5. The number of amides is 3. The number of carbonyl (C=O) groups is 3. The van der Waals surface area contributed by atoms with Gasteiger partial charge in [-0.05, 0) is 42.9 Å². The summed E-state index contributed by atoms with van der Waals surface area (Å²) in [5, 5.41) is 14.4. The van der Waals surface area contributed by atoms with Gasteiger partial charge in [0.2, 0.25) is 12.1 Å². The average Bonchev–Trinajstić information content (AvgIpc) is 3.16. The summed E-state index contributed by atoms with van der Waals surface area (Å²) in [6, 6.07) is 20.0. The van der Waals surface area contributed by atoms with Crippen molar-refractivity contribution in [2.45, 2.75) is 61.6 Å². The van der Waals surface area contributed by atoms with E-state index in [2.05, 4.69) is 22.5 Å². The summed E-state index contributed by atoms with van der Waals surface area (Å²) in [6.45, 7) is 4.13. The van der Waals surface area contributed by atoms with E-state index in [1.807, 2.05) is 43.5 Å². The predicted octanol–water partition coefficient (Wildman–Crippen LogP) is 4.08. The minimum Gasteiger partial charge on any atom is -0.483 e. The summed E-state index contributed by atoms with van der Waals surface area (Å²) in [7, 11) is -3.79. The first-order chi connectivity index (χ1) is 22.4. The molecule has 3 amide bonds. The number of nitrogens with one attached hydrogen (secondary N) is 2. The number of benzene rings is 3. The highest BCUT2D eigenvalue weighted by Gasteiger charge is 2.42. The summed E-state index contributed by atoms with van der Waals surface area (Å²) < 4.78 is 34.2. The first kappa shape index (κ1) is 35.8. The van der Waals surface area contributed by atoms with Crippen LogP contribution in [0.4, 0.5) is 11.4 Å². The summed E-state index contributed by atoms with van der Waals surface area (Å²) >= 11 is 1.35. The molecule has 2 unspecified atom stereocenters. The van der Waals surface area contributed by atoms with Crippen LogP contribution in [0.15, 0.2) is 82.6 Å². The standard InChI is InChI=1S/C34H42N4O7S2/c1-4-6-17-34(5-2)21-38(24-15-11-8-12-16-24)25-18-27(46-3)26(19-28(25)47(43,44)22-34)45-20-29(39)36-30(23-13-9-7-10-14-23)32(41)37-33(42)31(35)40/h7-16,18-19,30,33,42H,4-6,17,20-22H2,1-3H3,(H2,35,40)(H,36,39)(H,37,41)/t30-,33?,34?/m1/s1. The molecule has 11 nitrogen and oxygen atoms in total. The molecule has 0 bridgehead atoms. The van der Waals surface area contributed by atoms with E-state index in [1.165, 1.54) is 17.8 Å². The molecule has 3 aromatic rings. The third-order valence-corrected chi connectivity index (χ3v) is 11.1. The molecule has 0 radical (unpaired) electrons. The molecular weight excluding hydrogens is 641 g/mol. The number of hydrogen-bond donors (Lipinski definition) is 4. The van der Waals surface area contributed by atoms with Crippen LogP contribution in [0.5, 0.6) is 5.75 Å². The number of aliphatic hydroxyl groups excluding tert-OH is 1. The maximum absolute atomic E-state index is 14.1. The number of anilines is 2. The predicted molar refractivity (Wildman–Crippen MR) is 182 cm³/mol. The molecule has 0 saturated heterocycles. The minimum absolute atomic E-state index is 0.0175. The molecule has 3 aromatic carbocycles. The number of fused-ring (bicyclic) bond motifs is 1. The van der Waals surface area contributed by atoms with Crippen molar-refractivity contribution >= 4 is 50.7 Å². The molecule has 13 heteroatoms. The van der Waals surface area contributed by atoms with Crippen molar-refractivity contribution in [2.24, 2.45) is 11.1 Å². The van der Waals surface area contributed by atoms with E-state index in [0.29, 0.717) is 29.1 Å². The number of nitrogens with zero attached hydrogens (tertiary/aromatic N) is 1. The van der Waals surface area contributed by atoms with Gasteiger partial charge in [0.1, 0.15) is 11.8 Å². The van der Waals surface area contributed by atoms with Gasteiger partial charge in [-0.15, -0.1) is 11.8 Å². The van der Waals surface area contributed by atoms with Gasteiger partial charge in [0.15, 0.2) is 16.4 Å². The zero-order valence-corrected chi connectivity index (χ0v) is 28.4. The molecule has 0 spiro atoms. The second-order valence-corrected chi connectivity index (χ2v) is 14.4. The van der Waals surface area contributed by atoms with Crippen molar-refractivity contribution in [3.63, 3.8) is 0 Å². The Hall–Kier alpha value is -4.07. The van der Waals surface area contributed by atoms with E-state index in [9.17, 15) is 27.9 Å². The highest BCUT2D eigenvalue weighted by molar-refractivity contribution is 7.98. The van der Waals surface area contributed by atoms with Crippen LogP contribution in [-0.2, 0) is 24.2 Å². The van der Waals surface area contributed by atoms with Crippen molar-refractivity contribution in [3.05, 3.63) is 78.4 Å². The molecule has 47 heavy (non-hydrogen) atoms. The Bertz CT molecular complexity index is 1670. The van der Waals surface area contributed by atoms with Gasteiger partial charge in [0.05, 0.1) is 21.2 Å². The van der Waals surface area contributed by atoms with Crippen molar-refractivity contribution in [1.29, 1.82) is 0 Å². The maximum Gasteiger partial charge on any atom is 0.267 e. The quantitative estimate of drug-likeness (QED) is 0.145. The number of unbranched alkanes of at least 4 members (excludes halogenated alkanes) is 1. The van der Waals surface area contributed by atoms with E-state index >= 15 is 0 Å². The summed E-state index contributed by atoms with van der Waals surface area (Å²) in [4.78, 5) is 40.2. The monoisotopic (exact) mass is 682 g/mol. The normalized spacial score (nSPS) is 18.3. The first-order valence-corrected chi connectivity index (χ1v) is 18.3. The second-order valence-electron chi connectivity index (χ2n) is 11.6. The molecule has 4 rings (SSSR count). The van der Waals surface area contributed by atoms with Crippen LogP contribution in [0.1, 0.15) is 51.1 Å². The van der Waals surface area contributed by atoms with Crippen LogP contribution in [0.2, 0.25) is 0 Å². The van der Waals surface area contributed by atoms with Gasteiger partial charge in [0, 0.05) is 23.7 Å². The fourth-order valence-corrected chi connectivity index (χ4v) is 8.45. The number of sulfone groups is 1. The van der Waals surface area contributed by atoms with Gasteiger partial charge >= 0.3 is 0 Å². The molecule has 252 valence electrons. The fraction of sp³-hybridized carbons (Fsp3) is 0.382. The minimum atomic E-state index is -3.79. The molecule has 1 aliphatic heterocycles. The van der Waals surface area contributed by atoms with E-state index in [-0.39, 0.29) is 16.4 Å². The SMILES string of the molecule is CCCCC1(CC)CN(c2ccccc2)c2cc(SC)c(OCC(=O)N[C@@H](C(=O)NC(O)C(N)=O)c3ccccc3)cc2S(=O)(=O)C1. The molecule has 0 saturated carbocycles. The number of nitrogens with two attached hydrogens (primary N) is 1. The number of primary amides is 1. The van der Waals surface area contributed by atoms with Crippen LogP contribution in [-0.4, -0.2) is 62.6 Å². The van der Waals surface area contributed by atoms with E-state index in [1.54, 1.807) is 36.4 Å². The third kappa shape index (κ3) is 8.65. The Morgan fingerprint density at radius 1 is 1.04 bits per heavy atom. The Labute approximate surface area is 280 Å². The number of carbonyl (C=O) groups excluding carboxylic acids is 3. The van der Waals surface area contributed by atoms with Gasteiger partial charge in [-0.1, -0.05) is 75.2 Å². The van der Waals surface area contributed by atoms with Crippen LogP contribution in [0.25, 0.3) is 0 Å². The van der Waals surface area contributed by atoms with Crippen molar-refractivity contribution in [2.75, 3.05) is 30.1 Å². The van der Waals surface area contributed by atoms with E-state index in [0.717, 1.165) is 24.9 Å². The van der Waals surface area contributed by atoms with Crippen molar-refractivity contribution < 1.29 is 32.6 Å². The molecule has 0 aliphatic carbocycles. The van der Waals surface area contributed by atoms with Crippen molar-refractivity contribution in [1.82, 2.24) is 10.6 Å². The summed E-state index contributed by atoms with van der Waals surface area (Å²) in [6.07, 6.45) is 3.21. The number of ether oxygens (including phenoxy) is 1. The number of hydrogen-bond acceptors (Lipinski definition) is 9. The highest BCUT2D eigenvalue weighted by Crippen LogP contribution is 2.47.